The zero-order valence-electron chi connectivity index (χ0n) is 10.3. The van der Waals surface area contributed by atoms with E-state index in [1.165, 1.54) is 19.4 Å². The van der Waals surface area contributed by atoms with Crippen molar-refractivity contribution >= 4 is 15.8 Å². The van der Waals surface area contributed by atoms with Crippen LogP contribution in [0.25, 0.3) is 0 Å². The summed E-state index contributed by atoms with van der Waals surface area (Å²) in [5.41, 5.74) is 0.817. The van der Waals surface area contributed by atoms with E-state index >= 15 is 0 Å². The van der Waals surface area contributed by atoms with Crippen LogP contribution in [0.4, 0.5) is 0 Å². The molecule has 1 aromatic heterocycles. The summed E-state index contributed by atoms with van der Waals surface area (Å²) >= 11 is 0. The van der Waals surface area contributed by atoms with Crippen molar-refractivity contribution in [1.29, 1.82) is 0 Å². The molecule has 0 amide bonds. The number of rotatable bonds is 4. The number of aromatic amines is 1. The van der Waals surface area contributed by atoms with Crippen molar-refractivity contribution in [1.82, 2.24) is 4.98 Å². The fourth-order valence-corrected chi connectivity index (χ4v) is 2.99. The van der Waals surface area contributed by atoms with E-state index in [0.717, 1.165) is 0 Å². The smallest absolute Gasteiger partial charge is 0.354 e. The number of sulfone groups is 1. The Labute approximate surface area is 111 Å². The maximum absolute atomic E-state index is 12.2. The molecule has 1 aromatic carbocycles. The molecular formula is C13H13NO4S. The number of hydrogen-bond acceptors (Lipinski definition) is 4. The fourth-order valence-electron chi connectivity index (χ4n) is 1.66. The number of esters is 1. The molecular weight excluding hydrogens is 266 g/mol. The average Bonchev–Trinajstić information content (AvgIpc) is 2.89. The minimum absolute atomic E-state index is 0.0803. The second kappa shape index (κ2) is 5.27. The van der Waals surface area contributed by atoms with Gasteiger partial charge in [-0.2, -0.15) is 0 Å². The molecule has 0 aliphatic rings. The Morgan fingerprint density at radius 2 is 1.95 bits per heavy atom. The topological polar surface area (TPSA) is 76.2 Å². The molecule has 6 heteroatoms. The first kappa shape index (κ1) is 13.4. The van der Waals surface area contributed by atoms with Gasteiger partial charge in [0.1, 0.15) is 5.69 Å². The van der Waals surface area contributed by atoms with Crippen LogP contribution < -0.4 is 0 Å². The standard InChI is InChI=1S/C13H13NO4S/c1-18-13(15)12-7-11(8-14-12)19(16,17)9-10-5-3-2-4-6-10/h2-8,14H,9H2,1H3. The summed E-state index contributed by atoms with van der Waals surface area (Å²) in [7, 11) is -2.24. The minimum Gasteiger partial charge on any atom is -0.464 e. The summed E-state index contributed by atoms with van der Waals surface area (Å²) < 4.78 is 28.8. The summed E-state index contributed by atoms with van der Waals surface area (Å²) in [6.07, 6.45) is 1.30. The zero-order chi connectivity index (χ0) is 13.9. The highest BCUT2D eigenvalue weighted by Crippen LogP contribution is 2.17. The lowest BCUT2D eigenvalue weighted by atomic mass is 10.2. The number of carbonyl (C=O) groups is 1. The molecule has 1 N–H and O–H groups in total. The molecule has 0 radical (unpaired) electrons. The van der Waals surface area contributed by atoms with Crippen molar-refractivity contribution in [3.05, 3.63) is 53.9 Å². The largest absolute Gasteiger partial charge is 0.464 e. The van der Waals surface area contributed by atoms with E-state index < -0.39 is 15.8 Å². The van der Waals surface area contributed by atoms with Crippen LogP contribution in [-0.2, 0) is 20.3 Å². The highest BCUT2D eigenvalue weighted by Gasteiger charge is 2.19. The minimum atomic E-state index is -3.47. The number of benzene rings is 1. The molecule has 0 atom stereocenters. The Morgan fingerprint density at radius 3 is 2.58 bits per heavy atom. The molecule has 0 aliphatic heterocycles. The molecule has 0 saturated carbocycles. The number of nitrogens with one attached hydrogen (secondary N) is 1. The second-order valence-electron chi connectivity index (χ2n) is 3.99. The van der Waals surface area contributed by atoms with Crippen molar-refractivity contribution in [3.8, 4) is 0 Å². The maximum atomic E-state index is 12.2. The van der Waals surface area contributed by atoms with Crippen molar-refractivity contribution in [2.75, 3.05) is 7.11 Å². The van der Waals surface area contributed by atoms with Crippen LogP contribution in [0.3, 0.4) is 0 Å². The number of carbonyl (C=O) groups excluding carboxylic acids is 1. The third kappa shape index (κ3) is 3.03. The predicted molar refractivity (Wildman–Crippen MR) is 69.5 cm³/mol. The number of hydrogen-bond donors (Lipinski definition) is 1. The number of aromatic nitrogens is 1. The molecule has 2 aromatic rings. The Morgan fingerprint density at radius 1 is 1.26 bits per heavy atom. The highest BCUT2D eigenvalue weighted by atomic mass is 32.2. The molecule has 5 nitrogen and oxygen atoms in total. The zero-order valence-corrected chi connectivity index (χ0v) is 11.1. The average molecular weight is 279 g/mol. The van der Waals surface area contributed by atoms with E-state index in [4.69, 9.17) is 0 Å². The van der Waals surface area contributed by atoms with Crippen LogP contribution in [0, 0.1) is 0 Å². The van der Waals surface area contributed by atoms with E-state index in [0.29, 0.717) is 5.56 Å². The number of ether oxygens (including phenoxy) is 1. The van der Waals surface area contributed by atoms with Crippen molar-refractivity contribution in [2.45, 2.75) is 10.6 Å². The molecule has 0 unspecified atom stereocenters. The SMILES string of the molecule is COC(=O)c1cc(S(=O)(=O)Cc2ccccc2)c[nH]1. The van der Waals surface area contributed by atoms with Gasteiger partial charge in [0, 0.05) is 6.20 Å². The quantitative estimate of drug-likeness (QED) is 0.865. The monoisotopic (exact) mass is 279 g/mol. The maximum Gasteiger partial charge on any atom is 0.354 e. The van der Waals surface area contributed by atoms with Crippen LogP contribution in [0.5, 0.6) is 0 Å². The molecule has 0 fully saturated rings. The van der Waals surface area contributed by atoms with E-state index in [2.05, 4.69) is 9.72 Å². The van der Waals surface area contributed by atoms with Gasteiger partial charge < -0.3 is 9.72 Å². The second-order valence-corrected chi connectivity index (χ2v) is 5.97. The summed E-state index contributed by atoms with van der Waals surface area (Å²) in [4.78, 5) is 13.9. The van der Waals surface area contributed by atoms with Gasteiger partial charge in [-0.3, -0.25) is 0 Å². The van der Waals surface area contributed by atoms with Gasteiger partial charge in [-0.25, -0.2) is 13.2 Å². The van der Waals surface area contributed by atoms with E-state index in [1.807, 2.05) is 6.07 Å². The Bertz CT molecular complexity index is 674. The molecule has 0 bridgehead atoms. The van der Waals surface area contributed by atoms with Crippen LogP contribution in [0.2, 0.25) is 0 Å². The number of H-pyrrole nitrogens is 1. The van der Waals surface area contributed by atoms with E-state index in [9.17, 15) is 13.2 Å². The number of methoxy groups -OCH3 is 1. The van der Waals surface area contributed by atoms with Gasteiger partial charge >= 0.3 is 5.97 Å². The normalized spacial score (nSPS) is 11.2. The van der Waals surface area contributed by atoms with E-state index in [-0.39, 0.29) is 16.3 Å². The first-order chi connectivity index (χ1) is 9.03. The Hall–Kier alpha value is -2.08. The van der Waals surface area contributed by atoms with Crippen LogP contribution in [-0.4, -0.2) is 26.5 Å². The molecule has 0 saturated heterocycles. The van der Waals surface area contributed by atoms with E-state index in [1.54, 1.807) is 24.3 Å². The molecule has 19 heavy (non-hydrogen) atoms. The Kier molecular flexibility index (Phi) is 3.71. The van der Waals surface area contributed by atoms with Gasteiger partial charge in [0.2, 0.25) is 0 Å². The van der Waals surface area contributed by atoms with Gasteiger partial charge in [0.05, 0.1) is 17.8 Å². The molecule has 1 heterocycles. The van der Waals surface area contributed by atoms with Crippen LogP contribution in [0.15, 0.2) is 47.5 Å². The van der Waals surface area contributed by atoms with Crippen molar-refractivity contribution in [2.24, 2.45) is 0 Å². The lowest BCUT2D eigenvalue weighted by Crippen LogP contribution is -2.04. The van der Waals surface area contributed by atoms with Crippen molar-refractivity contribution < 1.29 is 17.9 Å². The Balaban J connectivity index is 2.25. The summed E-state index contributed by atoms with van der Waals surface area (Å²) in [5, 5.41) is 0. The van der Waals surface area contributed by atoms with Gasteiger partial charge in [0.15, 0.2) is 9.84 Å². The first-order valence-electron chi connectivity index (χ1n) is 5.56. The molecule has 0 spiro atoms. The first-order valence-corrected chi connectivity index (χ1v) is 7.21. The predicted octanol–water partition coefficient (Wildman–Crippen LogP) is 1.78. The van der Waals surface area contributed by atoms with Gasteiger partial charge in [0.25, 0.3) is 0 Å². The lowest BCUT2D eigenvalue weighted by Gasteiger charge is -2.01. The highest BCUT2D eigenvalue weighted by molar-refractivity contribution is 7.90. The van der Waals surface area contributed by atoms with Gasteiger partial charge in [-0.15, -0.1) is 0 Å². The molecule has 2 rings (SSSR count). The fraction of sp³-hybridized carbons (Fsp3) is 0.154. The lowest BCUT2D eigenvalue weighted by molar-refractivity contribution is 0.0595. The summed E-state index contributed by atoms with van der Waals surface area (Å²) in [6.45, 7) is 0. The third-order valence-corrected chi connectivity index (χ3v) is 4.29. The van der Waals surface area contributed by atoms with Crippen molar-refractivity contribution in [3.63, 3.8) is 0 Å². The summed E-state index contributed by atoms with van der Waals surface area (Å²) in [5.74, 6) is -0.701. The van der Waals surface area contributed by atoms with Crippen LogP contribution >= 0.6 is 0 Å². The van der Waals surface area contributed by atoms with Gasteiger partial charge in [-0.1, -0.05) is 30.3 Å². The van der Waals surface area contributed by atoms with Crippen LogP contribution in [0.1, 0.15) is 16.1 Å². The molecule has 0 aliphatic carbocycles. The van der Waals surface area contributed by atoms with Gasteiger partial charge in [-0.05, 0) is 11.6 Å². The summed E-state index contributed by atoms with van der Waals surface area (Å²) in [6, 6.07) is 10.1. The molecule has 100 valence electrons. The third-order valence-electron chi connectivity index (χ3n) is 2.62.